The number of allylic oxidation sites excluding steroid dienone is 1. The van der Waals surface area contributed by atoms with Gasteiger partial charge in [0, 0.05) is 12.3 Å². The van der Waals surface area contributed by atoms with Crippen LogP contribution in [0.1, 0.15) is 33.1 Å². The average molecular weight is 256 g/mol. The van der Waals surface area contributed by atoms with Crippen molar-refractivity contribution in [2.24, 2.45) is 17.4 Å². The number of carbonyl (C=O) groups excluding carboxylic acids is 2. The average Bonchev–Trinajstić information content (AvgIpc) is 2.26. The molecule has 0 rings (SSSR count). The summed E-state index contributed by atoms with van der Waals surface area (Å²) in [5.41, 5.74) is 8.53. The minimum atomic E-state index is -2.11. The number of amides is 1. The Morgan fingerprint density at radius 1 is 1.39 bits per heavy atom. The van der Waals surface area contributed by atoms with Crippen molar-refractivity contribution in [2.75, 3.05) is 0 Å². The second-order valence-corrected chi connectivity index (χ2v) is 4.30. The van der Waals surface area contributed by atoms with Gasteiger partial charge in [-0.15, -0.1) is 0 Å². The second-order valence-electron chi connectivity index (χ2n) is 4.30. The molecular weight excluding hydrogens is 236 g/mol. The number of hydrogen-bond acceptors (Lipinski definition) is 4. The van der Waals surface area contributed by atoms with Crippen molar-refractivity contribution in [3.8, 4) is 0 Å². The van der Waals surface area contributed by atoms with Gasteiger partial charge in [0.1, 0.15) is 0 Å². The summed E-state index contributed by atoms with van der Waals surface area (Å²) < 4.78 is 0. The smallest absolute Gasteiger partial charge is 0.332 e. The highest BCUT2D eigenvalue weighted by atomic mass is 16.4. The molecule has 0 radical (unpaired) electrons. The maximum atomic E-state index is 11.9. The lowest BCUT2D eigenvalue weighted by Gasteiger charge is -2.27. The molecule has 0 aliphatic rings. The molecule has 5 N–H and O–H groups in total. The molecule has 1 unspecified atom stereocenters. The predicted octanol–water partition coefficient (Wildman–Crippen LogP) is 0.205. The van der Waals surface area contributed by atoms with Gasteiger partial charge < -0.3 is 16.6 Å². The summed E-state index contributed by atoms with van der Waals surface area (Å²) in [7, 11) is 0. The van der Waals surface area contributed by atoms with Crippen molar-refractivity contribution in [3.63, 3.8) is 0 Å². The standard InChI is InChI=1S/C12H20N2O4/c1-3-4-5-6-9(15)12(14,11(17)18)8(2)7-10(13)16/h5-6,8H,3-4,7,14H2,1-2H3,(H2,13,16)(H,17,18)/t8?,12-/m1/s1. The third kappa shape index (κ3) is 3.96. The summed E-state index contributed by atoms with van der Waals surface area (Å²) in [6.07, 6.45) is 3.98. The Balaban J connectivity index is 5.08. The largest absolute Gasteiger partial charge is 0.480 e. The van der Waals surface area contributed by atoms with Crippen LogP contribution in [0, 0.1) is 5.92 Å². The molecule has 0 bridgehead atoms. The van der Waals surface area contributed by atoms with E-state index < -0.39 is 29.1 Å². The van der Waals surface area contributed by atoms with Gasteiger partial charge in [0.15, 0.2) is 11.3 Å². The van der Waals surface area contributed by atoms with Crippen molar-refractivity contribution < 1.29 is 19.5 Å². The number of nitrogens with two attached hydrogens (primary N) is 2. The van der Waals surface area contributed by atoms with E-state index in [-0.39, 0.29) is 6.42 Å². The highest BCUT2D eigenvalue weighted by Crippen LogP contribution is 2.20. The van der Waals surface area contributed by atoms with Crippen LogP contribution in [-0.4, -0.2) is 28.3 Å². The zero-order chi connectivity index (χ0) is 14.3. The molecule has 0 aliphatic carbocycles. The summed E-state index contributed by atoms with van der Waals surface area (Å²) in [5, 5.41) is 9.11. The Kier molecular flexibility index (Phi) is 6.26. The summed E-state index contributed by atoms with van der Waals surface area (Å²) in [5.74, 6) is -3.74. The maximum Gasteiger partial charge on any atom is 0.332 e. The normalized spacial score (nSPS) is 16.2. The first-order valence-corrected chi connectivity index (χ1v) is 5.78. The molecule has 2 atom stereocenters. The Hall–Kier alpha value is -1.69. The van der Waals surface area contributed by atoms with E-state index in [0.29, 0.717) is 6.42 Å². The summed E-state index contributed by atoms with van der Waals surface area (Å²) in [6, 6.07) is 0. The van der Waals surface area contributed by atoms with E-state index in [1.54, 1.807) is 6.08 Å². The minimum Gasteiger partial charge on any atom is -0.480 e. The molecule has 0 aromatic heterocycles. The van der Waals surface area contributed by atoms with Crippen molar-refractivity contribution in [2.45, 2.75) is 38.6 Å². The van der Waals surface area contributed by atoms with Gasteiger partial charge in [-0.05, 0) is 12.5 Å². The van der Waals surface area contributed by atoms with Crippen LogP contribution in [0.4, 0.5) is 0 Å². The Morgan fingerprint density at radius 3 is 2.33 bits per heavy atom. The third-order valence-corrected chi connectivity index (χ3v) is 2.77. The molecule has 6 heteroatoms. The fourth-order valence-electron chi connectivity index (χ4n) is 1.52. The van der Waals surface area contributed by atoms with Gasteiger partial charge in [-0.25, -0.2) is 4.79 Å². The number of carbonyl (C=O) groups is 3. The first kappa shape index (κ1) is 16.3. The third-order valence-electron chi connectivity index (χ3n) is 2.77. The van der Waals surface area contributed by atoms with Crippen molar-refractivity contribution in [3.05, 3.63) is 12.2 Å². The van der Waals surface area contributed by atoms with Gasteiger partial charge >= 0.3 is 5.97 Å². The molecule has 0 fully saturated rings. The lowest BCUT2D eigenvalue weighted by molar-refractivity contribution is -0.149. The van der Waals surface area contributed by atoms with Crippen LogP contribution in [0.2, 0.25) is 0 Å². The van der Waals surface area contributed by atoms with Crippen LogP contribution in [0.25, 0.3) is 0 Å². The maximum absolute atomic E-state index is 11.9. The van der Waals surface area contributed by atoms with Crippen LogP contribution in [-0.2, 0) is 14.4 Å². The van der Waals surface area contributed by atoms with Crippen molar-refractivity contribution >= 4 is 17.7 Å². The molecule has 0 aromatic carbocycles. The van der Waals surface area contributed by atoms with E-state index in [9.17, 15) is 14.4 Å². The van der Waals surface area contributed by atoms with Gasteiger partial charge in [0.2, 0.25) is 5.91 Å². The molecule has 0 spiro atoms. The van der Waals surface area contributed by atoms with Crippen LogP contribution < -0.4 is 11.5 Å². The highest BCUT2D eigenvalue weighted by molar-refractivity contribution is 6.13. The van der Waals surface area contributed by atoms with Gasteiger partial charge in [0.25, 0.3) is 0 Å². The van der Waals surface area contributed by atoms with E-state index in [1.165, 1.54) is 6.92 Å². The number of unbranched alkanes of at least 4 members (excludes halogenated alkanes) is 1. The monoisotopic (exact) mass is 256 g/mol. The molecule has 0 aromatic rings. The molecule has 0 aliphatic heterocycles. The van der Waals surface area contributed by atoms with Crippen LogP contribution in [0.15, 0.2) is 12.2 Å². The molecule has 0 saturated carbocycles. The van der Waals surface area contributed by atoms with Crippen molar-refractivity contribution in [1.29, 1.82) is 0 Å². The lowest BCUT2D eigenvalue weighted by Crippen LogP contribution is -2.59. The van der Waals surface area contributed by atoms with E-state index in [2.05, 4.69) is 0 Å². The predicted molar refractivity (Wildman–Crippen MR) is 66.6 cm³/mol. The number of aliphatic carboxylic acids is 1. The number of ketones is 1. The van der Waals surface area contributed by atoms with Gasteiger partial charge in [0.05, 0.1) is 0 Å². The molecule has 102 valence electrons. The fraction of sp³-hybridized carbons (Fsp3) is 0.583. The molecular formula is C12H20N2O4. The van der Waals surface area contributed by atoms with E-state index in [1.807, 2.05) is 6.92 Å². The van der Waals surface area contributed by atoms with Gasteiger partial charge in [-0.1, -0.05) is 26.3 Å². The minimum absolute atomic E-state index is 0.254. The van der Waals surface area contributed by atoms with E-state index >= 15 is 0 Å². The van der Waals surface area contributed by atoms with Gasteiger partial charge in [-0.2, -0.15) is 0 Å². The Morgan fingerprint density at radius 2 is 1.94 bits per heavy atom. The summed E-state index contributed by atoms with van der Waals surface area (Å²) >= 11 is 0. The van der Waals surface area contributed by atoms with Crippen LogP contribution >= 0.6 is 0 Å². The zero-order valence-corrected chi connectivity index (χ0v) is 10.7. The van der Waals surface area contributed by atoms with Crippen LogP contribution in [0.3, 0.4) is 0 Å². The second kappa shape index (κ2) is 6.90. The number of hydrogen-bond donors (Lipinski definition) is 3. The van der Waals surface area contributed by atoms with Gasteiger partial charge in [-0.3, -0.25) is 9.59 Å². The molecule has 0 saturated heterocycles. The first-order chi connectivity index (χ1) is 8.26. The molecule has 6 nitrogen and oxygen atoms in total. The number of carboxylic acid groups (broad SMARTS) is 1. The Bertz CT molecular complexity index is 365. The topological polar surface area (TPSA) is 123 Å². The quantitative estimate of drug-likeness (QED) is 0.423. The first-order valence-electron chi connectivity index (χ1n) is 5.78. The number of rotatable bonds is 8. The molecule has 1 amide bonds. The van der Waals surface area contributed by atoms with Crippen LogP contribution in [0.5, 0.6) is 0 Å². The fourth-order valence-corrected chi connectivity index (χ4v) is 1.52. The number of carboxylic acids is 1. The van der Waals surface area contributed by atoms with Crippen molar-refractivity contribution in [1.82, 2.24) is 0 Å². The SMILES string of the molecule is CCCC=CC(=O)[C@@](N)(C(=O)O)C(C)CC(N)=O. The molecule has 0 heterocycles. The van der Waals surface area contributed by atoms with E-state index in [4.69, 9.17) is 16.6 Å². The summed E-state index contributed by atoms with van der Waals surface area (Å²) in [4.78, 5) is 33.9. The highest BCUT2D eigenvalue weighted by Gasteiger charge is 2.46. The zero-order valence-electron chi connectivity index (χ0n) is 10.7. The van der Waals surface area contributed by atoms with E-state index in [0.717, 1.165) is 12.5 Å². The Labute approximate surface area is 106 Å². The molecule has 18 heavy (non-hydrogen) atoms. The number of primary amides is 1. The summed E-state index contributed by atoms with van der Waals surface area (Å²) in [6.45, 7) is 3.35. The lowest BCUT2D eigenvalue weighted by atomic mass is 9.80.